The van der Waals surface area contributed by atoms with Gasteiger partial charge in [0, 0.05) is 61.2 Å². The maximum atomic E-state index is 13.0. The van der Waals surface area contributed by atoms with E-state index < -0.39 is 0 Å². The van der Waals surface area contributed by atoms with Gasteiger partial charge in [-0.15, -0.1) is 11.3 Å². The zero-order valence-electron chi connectivity index (χ0n) is 24.9. The molecule has 8 heteroatoms. The maximum absolute atomic E-state index is 13.0. The van der Waals surface area contributed by atoms with E-state index in [2.05, 4.69) is 11.0 Å². The van der Waals surface area contributed by atoms with Gasteiger partial charge < -0.3 is 9.64 Å². The molecule has 6 rings (SSSR count). The Morgan fingerprint density at radius 3 is 2.20 bits per heavy atom. The number of rotatable bonds is 11. The lowest BCUT2D eigenvalue weighted by Gasteiger charge is -2.38. The SMILES string of the molecule is CCC(=O)N(c1ccccc1)C1CCN(Cc2ccccc2OC(CCN2C(=O)c3ccccc3C2=O)c2cccs2)CC1. The number of nitrogens with zero attached hydrogens (tertiary/aromatic N) is 3. The molecule has 3 aromatic carbocycles. The Morgan fingerprint density at radius 1 is 0.886 bits per heavy atom. The van der Waals surface area contributed by atoms with Crippen LogP contribution in [0, 0.1) is 0 Å². The van der Waals surface area contributed by atoms with Crippen molar-refractivity contribution in [2.75, 3.05) is 24.5 Å². The van der Waals surface area contributed by atoms with Crippen LogP contribution in [0.3, 0.4) is 0 Å². The van der Waals surface area contributed by atoms with Crippen LogP contribution in [0.1, 0.15) is 69.9 Å². The molecule has 2 aliphatic heterocycles. The van der Waals surface area contributed by atoms with Gasteiger partial charge in [-0.05, 0) is 54.6 Å². The molecule has 0 aliphatic carbocycles. The molecule has 0 saturated carbocycles. The van der Waals surface area contributed by atoms with Crippen molar-refractivity contribution in [2.24, 2.45) is 0 Å². The van der Waals surface area contributed by atoms with E-state index in [1.807, 2.05) is 77.9 Å². The number of piperidine rings is 1. The average Bonchev–Trinajstić information content (AvgIpc) is 3.69. The molecule has 1 unspecified atom stereocenters. The van der Waals surface area contributed by atoms with Gasteiger partial charge in [0.05, 0.1) is 11.1 Å². The van der Waals surface area contributed by atoms with Crippen molar-refractivity contribution >= 4 is 34.7 Å². The van der Waals surface area contributed by atoms with Crippen molar-refractivity contribution in [3.63, 3.8) is 0 Å². The van der Waals surface area contributed by atoms with Gasteiger partial charge in [0.25, 0.3) is 11.8 Å². The van der Waals surface area contributed by atoms with Crippen molar-refractivity contribution in [3.05, 3.63) is 118 Å². The molecule has 0 radical (unpaired) electrons. The molecule has 1 aromatic heterocycles. The second-order valence-corrected chi connectivity index (χ2v) is 12.3. The molecule has 3 amide bonds. The number of carbonyl (C=O) groups excluding carboxylic acids is 3. The second-order valence-electron chi connectivity index (χ2n) is 11.3. The third-order valence-electron chi connectivity index (χ3n) is 8.52. The van der Waals surface area contributed by atoms with Gasteiger partial charge in [-0.3, -0.25) is 24.2 Å². The van der Waals surface area contributed by atoms with Gasteiger partial charge in [0.1, 0.15) is 11.9 Å². The monoisotopic (exact) mass is 607 g/mol. The third-order valence-corrected chi connectivity index (χ3v) is 9.48. The lowest BCUT2D eigenvalue weighted by atomic mass is 10.0. The topological polar surface area (TPSA) is 70.2 Å². The number of para-hydroxylation sites is 2. The summed E-state index contributed by atoms with van der Waals surface area (Å²) in [4.78, 5) is 45.7. The largest absolute Gasteiger partial charge is 0.484 e. The fourth-order valence-electron chi connectivity index (χ4n) is 6.22. The lowest BCUT2D eigenvalue weighted by Crippen LogP contribution is -2.47. The highest BCUT2D eigenvalue weighted by molar-refractivity contribution is 7.10. The Morgan fingerprint density at radius 2 is 1.55 bits per heavy atom. The van der Waals surface area contributed by atoms with Crippen LogP contribution in [0.2, 0.25) is 0 Å². The van der Waals surface area contributed by atoms with E-state index in [1.165, 1.54) is 4.90 Å². The quantitative estimate of drug-likeness (QED) is 0.172. The maximum Gasteiger partial charge on any atom is 0.261 e. The van der Waals surface area contributed by atoms with Crippen LogP contribution in [0.15, 0.2) is 96.4 Å². The molecule has 1 fully saturated rings. The van der Waals surface area contributed by atoms with Crippen molar-refractivity contribution in [1.82, 2.24) is 9.80 Å². The Balaban J connectivity index is 1.12. The highest BCUT2D eigenvalue weighted by Gasteiger charge is 2.35. The van der Waals surface area contributed by atoms with Crippen LogP contribution in [-0.4, -0.2) is 53.2 Å². The molecule has 3 heterocycles. The predicted molar refractivity (Wildman–Crippen MR) is 173 cm³/mol. The summed E-state index contributed by atoms with van der Waals surface area (Å²) >= 11 is 1.61. The Hall–Kier alpha value is -4.27. The number of thiophene rings is 1. The molecule has 0 spiro atoms. The summed E-state index contributed by atoms with van der Waals surface area (Å²) in [6.07, 6.45) is 2.49. The van der Waals surface area contributed by atoms with Crippen LogP contribution >= 0.6 is 11.3 Å². The number of amides is 3. The van der Waals surface area contributed by atoms with Crippen molar-refractivity contribution in [3.8, 4) is 5.75 Å². The molecule has 7 nitrogen and oxygen atoms in total. The van der Waals surface area contributed by atoms with E-state index in [-0.39, 0.29) is 36.4 Å². The number of anilines is 1. The number of fused-ring (bicyclic) bond motifs is 1. The molecule has 1 saturated heterocycles. The smallest absolute Gasteiger partial charge is 0.261 e. The van der Waals surface area contributed by atoms with Crippen molar-refractivity contribution in [1.29, 1.82) is 0 Å². The number of hydrogen-bond donors (Lipinski definition) is 0. The molecule has 0 bridgehead atoms. The number of carbonyl (C=O) groups is 3. The summed E-state index contributed by atoms with van der Waals surface area (Å²) in [7, 11) is 0. The van der Waals surface area contributed by atoms with Crippen molar-refractivity contribution < 1.29 is 19.1 Å². The number of likely N-dealkylation sites (tertiary alicyclic amines) is 1. The first-order valence-electron chi connectivity index (χ1n) is 15.4. The Labute approximate surface area is 262 Å². The molecule has 4 aromatic rings. The molecule has 2 aliphatic rings. The minimum atomic E-state index is -0.300. The highest BCUT2D eigenvalue weighted by Crippen LogP contribution is 2.33. The first kappa shape index (κ1) is 29.8. The van der Waals surface area contributed by atoms with Crippen LogP contribution in [0.25, 0.3) is 0 Å². The fraction of sp³-hybridized carbons (Fsp3) is 0.306. The average molecular weight is 608 g/mol. The van der Waals surface area contributed by atoms with E-state index in [0.717, 1.165) is 54.4 Å². The number of ether oxygens (including phenoxy) is 1. The third kappa shape index (κ3) is 6.32. The van der Waals surface area contributed by atoms with E-state index in [0.29, 0.717) is 24.0 Å². The van der Waals surface area contributed by atoms with E-state index in [9.17, 15) is 14.4 Å². The minimum Gasteiger partial charge on any atom is -0.484 e. The van der Waals surface area contributed by atoms with Crippen molar-refractivity contribution in [2.45, 2.75) is 51.3 Å². The van der Waals surface area contributed by atoms with Gasteiger partial charge in [-0.2, -0.15) is 0 Å². The molecule has 44 heavy (non-hydrogen) atoms. The molecular weight excluding hydrogens is 570 g/mol. The normalized spacial score (nSPS) is 16.2. The second kappa shape index (κ2) is 13.6. The van der Waals surface area contributed by atoms with Crippen LogP contribution in [0.5, 0.6) is 5.75 Å². The van der Waals surface area contributed by atoms with E-state index in [4.69, 9.17) is 4.74 Å². The first-order valence-corrected chi connectivity index (χ1v) is 16.2. The van der Waals surface area contributed by atoms with Gasteiger partial charge in [-0.1, -0.05) is 61.5 Å². The molecule has 226 valence electrons. The van der Waals surface area contributed by atoms with Crippen LogP contribution < -0.4 is 9.64 Å². The fourth-order valence-corrected chi connectivity index (χ4v) is 7.01. The first-order chi connectivity index (χ1) is 21.5. The summed E-state index contributed by atoms with van der Waals surface area (Å²) in [6, 6.07) is 29.3. The van der Waals surface area contributed by atoms with E-state index >= 15 is 0 Å². The highest BCUT2D eigenvalue weighted by atomic mass is 32.1. The molecular formula is C36H37N3O4S. The van der Waals surface area contributed by atoms with Crippen LogP contribution in [-0.2, 0) is 11.3 Å². The molecule has 0 N–H and O–H groups in total. The number of imide groups is 1. The number of benzene rings is 3. The van der Waals surface area contributed by atoms with Gasteiger partial charge in [0.2, 0.25) is 5.91 Å². The summed E-state index contributed by atoms with van der Waals surface area (Å²) in [5, 5.41) is 2.02. The van der Waals surface area contributed by atoms with Gasteiger partial charge in [-0.25, -0.2) is 0 Å². The van der Waals surface area contributed by atoms with Crippen LogP contribution in [0.4, 0.5) is 5.69 Å². The van der Waals surface area contributed by atoms with E-state index in [1.54, 1.807) is 35.6 Å². The summed E-state index contributed by atoms with van der Waals surface area (Å²) in [6.45, 7) is 4.71. The zero-order valence-corrected chi connectivity index (χ0v) is 25.7. The van der Waals surface area contributed by atoms with Gasteiger partial charge in [0.15, 0.2) is 0 Å². The molecule has 1 atom stereocenters. The Bertz CT molecular complexity index is 1560. The summed E-state index contributed by atoms with van der Waals surface area (Å²) < 4.78 is 6.68. The van der Waals surface area contributed by atoms with Gasteiger partial charge >= 0.3 is 0 Å². The standard InChI is InChI=1S/C36H37N3O4S/c1-2-34(40)39(27-12-4-3-5-13-27)28-18-21-37(22-19-28)25-26-11-6-9-16-31(26)43-32(33-17-10-24-44-33)20-23-38-35(41)29-14-7-8-15-30(29)36(38)42/h3-17,24,28,32H,2,18-23,25H2,1H3. The zero-order chi connectivity index (χ0) is 30.5. The lowest BCUT2D eigenvalue weighted by molar-refractivity contribution is -0.119. The number of hydrogen-bond acceptors (Lipinski definition) is 6. The summed E-state index contributed by atoms with van der Waals surface area (Å²) in [5.41, 5.74) is 2.99. The summed E-state index contributed by atoms with van der Waals surface area (Å²) in [5.74, 6) is 0.480. The minimum absolute atomic E-state index is 0.161. The Kier molecular flexibility index (Phi) is 9.19. The predicted octanol–water partition coefficient (Wildman–Crippen LogP) is 6.96.